The van der Waals surface area contributed by atoms with Crippen LogP contribution in [0.15, 0.2) is 36.4 Å². The Labute approximate surface area is 176 Å². The molecule has 3 nitrogen and oxygen atoms in total. The molecule has 3 rings (SSSR count). The van der Waals surface area contributed by atoms with Gasteiger partial charge < -0.3 is 14.2 Å². The summed E-state index contributed by atoms with van der Waals surface area (Å²) in [5, 5.41) is 2.40. The summed E-state index contributed by atoms with van der Waals surface area (Å²) in [5.41, 5.74) is 1.11. The van der Waals surface area contributed by atoms with Crippen molar-refractivity contribution in [2.75, 3.05) is 19.8 Å². The molecule has 1 fully saturated rings. The van der Waals surface area contributed by atoms with E-state index in [-0.39, 0.29) is 6.29 Å². The second-order valence-corrected chi connectivity index (χ2v) is 8.39. The number of hydrogen-bond acceptors (Lipinski definition) is 3. The minimum absolute atomic E-state index is 0.235. The fraction of sp³-hybridized carbons (Fsp3) is 0.615. The minimum atomic E-state index is -0.235. The van der Waals surface area contributed by atoms with Gasteiger partial charge in [-0.15, -0.1) is 0 Å². The van der Waals surface area contributed by atoms with E-state index in [0.717, 1.165) is 37.6 Å². The maximum absolute atomic E-state index is 6.06. The zero-order valence-electron chi connectivity index (χ0n) is 18.3. The van der Waals surface area contributed by atoms with Crippen LogP contribution in [0.4, 0.5) is 0 Å². The van der Waals surface area contributed by atoms with Crippen molar-refractivity contribution in [2.24, 2.45) is 5.92 Å². The predicted octanol–water partition coefficient (Wildman–Crippen LogP) is 7.43. The van der Waals surface area contributed by atoms with Gasteiger partial charge in [-0.3, -0.25) is 0 Å². The minimum Gasteiger partial charge on any atom is -0.494 e. The zero-order valence-corrected chi connectivity index (χ0v) is 18.3. The molecule has 0 radical (unpaired) electrons. The molecule has 0 unspecified atom stereocenters. The molecule has 0 atom stereocenters. The molecule has 0 saturated carbocycles. The lowest BCUT2D eigenvalue weighted by Crippen LogP contribution is -2.27. The van der Waals surface area contributed by atoms with Crippen LogP contribution in [-0.2, 0) is 9.47 Å². The van der Waals surface area contributed by atoms with Crippen molar-refractivity contribution in [3.8, 4) is 5.75 Å². The first-order chi connectivity index (χ1) is 14.3. The third-order valence-corrected chi connectivity index (χ3v) is 5.81. The number of hydrogen-bond donors (Lipinski definition) is 0. The molecule has 1 aliphatic rings. The fourth-order valence-corrected chi connectivity index (χ4v) is 3.96. The average molecular weight is 399 g/mol. The van der Waals surface area contributed by atoms with Crippen LogP contribution in [0, 0.1) is 5.92 Å². The molecular formula is C26H38O3. The molecule has 0 aliphatic carbocycles. The number of rotatable bonds is 12. The van der Waals surface area contributed by atoms with Crippen molar-refractivity contribution in [3.05, 3.63) is 42.0 Å². The first kappa shape index (κ1) is 22.1. The lowest BCUT2D eigenvalue weighted by atomic mass is 10.0. The molecule has 0 N–H and O–H groups in total. The van der Waals surface area contributed by atoms with Crippen LogP contribution in [0.25, 0.3) is 10.8 Å². The first-order valence-electron chi connectivity index (χ1n) is 11.7. The molecular weight excluding hydrogens is 360 g/mol. The van der Waals surface area contributed by atoms with Crippen LogP contribution >= 0.6 is 0 Å². The molecule has 29 heavy (non-hydrogen) atoms. The number of ether oxygens (including phenoxy) is 3. The number of fused-ring (bicyclic) bond motifs is 1. The summed E-state index contributed by atoms with van der Waals surface area (Å²) in [6.45, 7) is 6.88. The van der Waals surface area contributed by atoms with Crippen molar-refractivity contribution in [1.29, 1.82) is 0 Å². The standard InChI is InChI=1S/C26H38O3/c1-3-5-7-8-9-11-21-19-28-26(29-20-21)24-13-12-23-18-25(15-14-22(23)17-24)27-16-10-6-4-2/h12-15,17-18,21,26H,3-11,16,19-20H2,1-2H3. The van der Waals surface area contributed by atoms with Crippen LogP contribution < -0.4 is 4.74 Å². The number of benzene rings is 2. The molecule has 0 aromatic heterocycles. The molecule has 0 spiro atoms. The van der Waals surface area contributed by atoms with E-state index in [0.29, 0.717) is 5.92 Å². The Hall–Kier alpha value is -1.58. The van der Waals surface area contributed by atoms with Crippen molar-refractivity contribution < 1.29 is 14.2 Å². The average Bonchev–Trinajstić information content (AvgIpc) is 2.76. The van der Waals surface area contributed by atoms with Crippen molar-refractivity contribution in [2.45, 2.75) is 77.9 Å². The highest BCUT2D eigenvalue weighted by Gasteiger charge is 2.23. The van der Waals surface area contributed by atoms with E-state index in [1.807, 2.05) is 0 Å². The van der Waals surface area contributed by atoms with E-state index < -0.39 is 0 Å². The van der Waals surface area contributed by atoms with Crippen molar-refractivity contribution >= 4 is 10.8 Å². The predicted molar refractivity (Wildman–Crippen MR) is 120 cm³/mol. The Kier molecular flexibility index (Phi) is 9.30. The highest BCUT2D eigenvalue weighted by atomic mass is 16.7. The van der Waals surface area contributed by atoms with Gasteiger partial charge in [-0.1, -0.05) is 77.0 Å². The summed E-state index contributed by atoms with van der Waals surface area (Å²) in [6.07, 6.45) is 11.2. The lowest BCUT2D eigenvalue weighted by Gasteiger charge is -2.29. The monoisotopic (exact) mass is 398 g/mol. The smallest absolute Gasteiger partial charge is 0.183 e. The van der Waals surface area contributed by atoms with Gasteiger partial charge in [-0.05, 0) is 41.8 Å². The molecule has 2 aromatic carbocycles. The van der Waals surface area contributed by atoms with E-state index >= 15 is 0 Å². The summed E-state index contributed by atoms with van der Waals surface area (Å²) in [4.78, 5) is 0. The van der Waals surface area contributed by atoms with Crippen LogP contribution in [0.2, 0.25) is 0 Å². The lowest BCUT2D eigenvalue weighted by molar-refractivity contribution is -0.206. The summed E-state index contributed by atoms with van der Waals surface area (Å²) < 4.78 is 18.0. The molecule has 3 heteroatoms. The van der Waals surface area contributed by atoms with E-state index in [2.05, 4.69) is 50.2 Å². The Morgan fingerprint density at radius 3 is 2.28 bits per heavy atom. The molecule has 1 heterocycles. The van der Waals surface area contributed by atoms with E-state index in [1.165, 1.54) is 62.1 Å². The second kappa shape index (κ2) is 12.2. The SMILES string of the molecule is CCCCCCCC1COC(c2ccc3cc(OCCCCC)ccc3c2)OC1. The molecule has 2 aromatic rings. The van der Waals surface area contributed by atoms with Gasteiger partial charge in [0.1, 0.15) is 5.75 Å². The first-order valence-corrected chi connectivity index (χ1v) is 11.7. The van der Waals surface area contributed by atoms with Gasteiger partial charge in [0.05, 0.1) is 19.8 Å². The quantitative estimate of drug-likeness (QED) is 0.348. The number of unbranched alkanes of at least 4 members (excludes halogenated alkanes) is 6. The Morgan fingerprint density at radius 2 is 1.48 bits per heavy atom. The van der Waals surface area contributed by atoms with Gasteiger partial charge in [0.2, 0.25) is 0 Å². The highest BCUT2D eigenvalue weighted by molar-refractivity contribution is 5.84. The van der Waals surface area contributed by atoms with Crippen LogP contribution in [-0.4, -0.2) is 19.8 Å². The molecule has 0 amide bonds. The normalized spacial score (nSPS) is 19.5. The Balaban J connectivity index is 1.48. The Morgan fingerprint density at radius 1 is 0.793 bits per heavy atom. The third kappa shape index (κ3) is 7.01. The highest BCUT2D eigenvalue weighted by Crippen LogP contribution is 2.30. The largest absolute Gasteiger partial charge is 0.494 e. The topological polar surface area (TPSA) is 27.7 Å². The summed E-state index contributed by atoms with van der Waals surface area (Å²) in [5.74, 6) is 1.49. The van der Waals surface area contributed by atoms with Crippen LogP contribution in [0.3, 0.4) is 0 Å². The maximum Gasteiger partial charge on any atom is 0.183 e. The van der Waals surface area contributed by atoms with E-state index in [9.17, 15) is 0 Å². The summed E-state index contributed by atoms with van der Waals surface area (Å²) in [7, 11) is 0. The third-order valence-electron chi connectivity index (χ3n) is 5.81. The van der Waals surface area contributed by atoms with Crippen LogP contribution in [0.5, 0.6) is 5.75 Å². The van der Waals surface area contributed by atoms with Crippen molar-refractivity contribution in [1.82, 2.24) is 0 Å². The van der Waals surface area contributed by atoms with E-state index in [4.69, 9.17) is 14.2 Å². The van der Waals surface area contributed by atoms with Gasteiger partial charge in [0.15, 0.2) is 6.29 Å². The fourth-order valence-electron chi connectivity index (χ4n) is 3.96. The van der Waals surface area contributed by atoms with Crippen molar-refractivity contribution in [3.63, 3.8) is 0 Å². The summed E-state index contributed by atoms with van der Waals surface area (Å²) in [6, 6.07) is 12.8. The Bertz CT molecular complexity index is 719. The van der Waals surface area contributed by atoms with Gasteiger partial charge in [0.25, 0.3) is 0 Å². The van der Waals surface area contributed by atoms with Gasteiger partial charge in [0, 0.05) is 11.5 Å². The van der Waals surface area contributed by atoms with E-state index in [1.54, 1.807) is 0 Å². The second-order valence-electron chi connectivity index (χ2n) is 8.39. The summed E-state index contributed by atoms with van der Waals surface area (Å²) >= 11 is 0. The van der Waals surface area contributed by atoms with Gasteiger partial charge >= 0.3 is 0 Å². The molecule has 0 bridgehead atoms. The molecule has 160 valence electrons. The zero-order chi connectivity index (χ0) is 20.3. The molecule has 1 saturated heterocycles. The van der Waals surface area contributed by atoms with Gasteiger partial charge in [-0.2, -0.15) is 0 Å². The maximum atomic E-state index is 6.06. The molecule has 1 aliphatic heterocycles. The van der Waals surface area contributed by atoms with Gasteiger partial charge in [-0.25, -0.2) is 0 Å². The van der Waals surface area contributed by atoms with Crippen LogP contribution in [0.1, 0.15) is 83.5 Å².